The molecule has 2 rings (SSSR count). The molecule has 0 spiro atoms. The van der Waals surface area contributed by atoms with Crippen molar-refractivity contribution in [3.63, 3.8) is 0 Å². The summed E-state index contributed by atoms with van der Waals surface area (Å²) in [5.74, 6) is 0.913. The lowest BCUT2D eigenvalue weighted by Gasteiger charge is -2.47. The summed E-state index contributed by atoms with van der Waals surface area (Å²) < 4.78 is 11.2. The van der Waals surface area contributed by atoms with Gasteiger partial charge in [0.25, 0.3) is 0 Å². The summed E-state index contributed by atoms with van der Waals surface area (Å²) in [4.78, 5) is 0. The molecular weight excluding hydrogens is 238 g/mol. The largest absolute Gasteiger partial charge is 0.497 e. The number of rotatable bonds is 6. The number of likely N-dealkylation sites (N-methyl/N-ethyl adjacent to an activating group) is 1. The molecule has 0 radical (unpaired) electrons. The highest BCUT2D eigenvalue weighted by molar-refractivity contribution is 5.38. The van der Waals surface area contributed by atoms with E-state index in [1.165, 1.54) is 17.5 Å². The molecule has 1 unspecified atom stereocenters. The second-order valence-electron chi connectivity index (χ2n) is 5.34. The molecule has 0 amide bonds. The Hall–Kier alpha value is -1.06. The number of hydrogen-bond donors (Lipinski definition) is 1. The molecule has 106 valence electrons. The minimum absolute atomic E-state index is 0.0324. The third kappa shape index (κ3) is 2.63. The molecule has 1 aromatic carbocycles. The first-order chi connectivity index (χ1) is 9.16. The van der Waals surface area contributed by atoms with Gasteiger partial charge in [0.1, 0.15) is 5.75 Å². The predicted molar refractivity (Wildman–Crippen MR) is 77.7 cm³/mol. The monoisotopic (exact) mass is 263 g/mol. The maximum atomic E-state index is 5.86. The third-order valence-corrected chi connectivity index (χ3v) is 4.33. The number of aryl methyl sites for hydroxylation is 1. The van der Waals surface area contributed by atoms with Gasteiger partial charge in [-0.1, -0.05) is 13.0 Å². The SMILES string of the molecule is CCNC(c1ccc(OC)cc1C)C1(OC)CCC1. The van der Waals surface area contributed by atoms with Crippen molar-refractivity contribution in [2.75, 3.05) is 20.8 Å². The van der Waals surface area contributed by atoms with Crippen LogP contribution < -0.4 is 10.1 Å². The Morgan fingerprint density at radius 3 is 2.47 bits per heavy atom. The molecule has 1 fully saturated rings. The second-order valence-corrected chi connectivity index (χ2v) is 5.34. The molecule has 0 bridgehead atoms. The van der Waals surface area contributed by atoms with Crippen molar-refractivity contribution in [1.29, 1.82) is 0 Å². The Morgan fingerprint density at radius 1 is 1.32 bits per heavy atom. The number of nitrogens with one attached hydrogen (secondary N) is 1. The molecule has 1 aromatic rings. The lowest BCUT2D eigenvalue weighted by atomic mass is 9.71. The van der Waals surface area contributed by atoms with Crippen molar-refractivity contribution in [1.82, 2.24) is 5.32 Å². The summed E-state index contributed by atoms with van der Waals surface area (Å²) >= 11 is 0. The summed E-state index contributed by atoms with van der Waals surface area (Å²) in [5.41, 5.74) is 2.55. The van der Waals surface area contributed by atoms with Crippen LogP contribution in [0.25, 0.3) is 0 Å². The van der Waals surface area contributed by atoms with Crippen molar-refractivity contribution in [3.05, 3.63) is 29.3 Å². The van der Waals surface area contributed by atoms with Crippen molar-refractivity contribution in [2.45, 2.75) is 44.8 Å². The summed E-state index contributed by atoms with van der Waals surface area (Å²) in [7, 11) is 3.54. The van der Waals surface area contributed by atoms with Crippen LogP contribution in [-0.4, -0.2) is 26.4 Å². The molecule has 1 aliphatic carbocycles. The van der Waals surface area contributed by atoms with E-state index in [4.69, 9.17) is 9.47 Å². The Bertz CT molecular complexity index is 421. The zero-order chi connectivity index (χ0) is 13.9. The van der Waals surface area contributed by atoms with E-state index >= 15 is 0 Å². The molecule has 3 heteroatoms. The fraction of sp³-hybridized carbons (Fsp3) is 0.625. The van der Waals surface area contributed by atoms with E-state index in [0.717, 1.165) is 25.1 Å². The van der Waals surface area contributed by atoms with Crippen molar-refractivity contribution in [3.8, 4) is 5.75 Å². The molecule has 1 atom stereocenters. The van der Waals surface area contributed by atoms with E-state index in [9.17, 15) is 0 Å². The van der Waals surface area contributed by atoms with Crippen LogP contribution in [0.15, 0.2) is 18.2 Å². The first-order valence-corrected chi connectivity index (χ1v) is 7.10. The number of benzene rings is 1. The molecular formula is C16H25NO2. The van der Waals surface area contributed by atoms with Gasteiger partial charge in [0.05, 0.1) is 18.8 Å². The first-order valence-electron chi connectivity index (χ1n) is 7.10. The van der Waals surface area contributed by atoms with Gasteiger partial charge in [-0.15, -0.1) is 0 Å². The van der Waals surface area contributed by atoms with Crippen molar-refractivity contribution >= 4 is 0 Å². The Labute approximate surface area is 116 Å². The van der Waals surface area contributed by atoms with Gasteiger partial charge in [-0.05, 0) is 56.0 Å². The normalized spacial score (nSPS) is 18.7. The topological polar surface area (TPSA) is 30.5 Å². The lowest BCUT2D eigenvalue weighted by Crippen LogP contribution is -2.50. The highest BCUT2D eigenvalue weighted by Crippen LogP contribution is 2.45. The summed E-state index contributed by atoms with van der Waals surface area (Å²) in [6, 6.07) is 6.57. The average Bonchev–Trinajstić information content (AvgIpc) is 2.37. The van der Waals surface area contributed by atoms with Crippen LogP contribution in [-0.2, 0) is 4.74 Å². The van der Waals surface area contributed by atoms with Crippen LogP contribution in [0.5, 0.6) is 5.75 Å². The second kappa shape index (κ2) is 5.93. The van der Waals surface area contributed by atoms with Crippen LogP contribution in [0.4, 0.5) is 0 Å². The van der Waals surface area contributed by atoms with Crippen LogP contribution in [0.3, 0.4) is 0 Å². The molecule has 3 nitrogen and oxygen atoms in total. The molecule has 1 aliphatic rings. The number of hydrogen-bond acceptors (Lipinski definition) is 3. The van der Waals surface area contributed by atoms with E-state index in [1.807, 2.05) is 13.2 Å². The van der Waals surface area contributed by atoms with Gasteiger partial charge in [-0.2, -0.15) is 0 Å². The van der Waals surface area contributed by atoms with E-state index in [2.05, 4.69) is 31.3 Å². The summed E-state index contributed by atoms with van der Waals surface area (Å²) in [6.45, 7) is 5.24. The van der Waals surface area contributed by atoms with Gasteiger partial charge in [-0.3, -0.25) is 0 Å². The average molecular weight is 263 g/mol. The zero-order valence-corrected chi connectivity index (χ0v) is 12.5. The van der Waals surface area contributed by atoms with Gasteiger partial charge in [0, 0.05) is 7.11 Å². The Morgan fingerprint density at radius 2 is 2.05 bits per heavy atom. The van der Waals surface area contributed by atoms with Crippen molar-refractivity contribution < 1.29 is 9.47 Å². The highest BCUT2D eigenvalue weighted by Gasteiger charge is 2.45. The fourth-order valence-corrected chi connectivity index (χ4v) is 3.02. The molecule has 0 aliphatic heterocycles. The molecule has 0 saturated heterocycles. The van der Waals surface area contributed by atoms with Gasteiger partial charge in [-0.25, -0.2) is 0 Å². The van der Waals surface area contributed by atoms with Crippen LogP contribution >= 0.6 is 0 Å². The minimum Gasteiger partial charge on any atom is -0.497 e. The number of ether oxygens (including phenoxy) is 2. The maximum Gasteiger partial charge on any atom is 0.119 e. The van der Waals surface area contributed by atoms with Crippen LogP contribution in [0.2, 0.25) is 0 Å². The van der Waals surface area contributed by atoms with Gasteiger partial charge in [0.15, 0.2) is 0 Å². The van der Waals surface area contributed by atoms with E-state index in [0.29, 0.717) is 0 Å². The highest BCUT2D eigenvalue weighted by atomic mass is 16.5. The molecule has 1 saturated carbocycles. The third-order valence-electron chi connectivity index (χ3n) is 4.33. The standard InChI is InChI=1S/C16H25NO2/c1-5-17-15(16(19-4)9-6-10-16)14-8-7-13(18-3)11-12(14)2/h7-8,11,15,17H,5-6,9-10H2,1-4H3. The summed E-state index contributed by atoms with van der Waals surface area (Å²) in [5, 5.41) is 3.61. The smallest absolute Gasteiger partial charge is 0.119 e. The van der Waals surface area contributed by atoms with Crippen molar-refractivity contribution in [2.24, 2.45) is 0 Å². The van der Waals surface area contributed by atoms with Gasteiger partial charge >= 0.3 is 0 Å². The van der Waals surface area contributed by atoms with Crippen LogP contribution in [0, 0.1) is 6.92 Å². The maximum absolute atomic E-state index is 5.86. The Balaban J connectivity index is 2.33. The number of methoxy groups -OCH3 is 2. The molecule has 0 heterocycles. The van der Waals surface area contributed by atoms with Gasteiger partial charge < -0.3 is 14.8 Å². The Kier molecular flexibility index (Phi) is 4.48. The van der Waals surface area contributed by atoms with E-state index in [1.54, 1.807) is 7.11 Å². The van der Waals surface area contributed by atoms with E-state index in [-0.39, 0.29) is 11.6 Å². The van der Waals surface area contributed by atoms with Gasteiger partial charge in [0.2, 0.25) is 0 Å². The van der Waals surface area contributed by atoms with Crippen LogP contribution in [0.1, 0.15) is 43.4 Å². The summed E-state index contributed by atoms with van der Waals surface area (Å²) in [6.07, 6.45) is 3.52. The minimum atomic E-state index is -0.0324. The molecule has 0 aromatic heterocycles. The predicted octanol–water partition coefficient (Wildman–Crippen LogP) is 3.22. The quantitative estimate of drug-likeness (QED) is 0.855. The molecule has 19 heavy (non-hydrogen) atoms. The fourth-order valence-electron chi connectivity index (χ4n) is 3.02. The lowest BCUT2D eigenvalue weighted by molar-refractivity contribution is -0.0996. The van der Waals surface area contributed by atoms with E-state index < -0.39 is 0 Å². The zero-order valence-electron chi connectivity index (χ0n) is 12.5. The first kappa shape index (κ1) is 14.4. The molecule has 1 N–H and O–H groups in total.